The number of carbonyl (C=O) groups excluding carboxylic acids is 2. The first-order chi connectivity index (χ1) is 13.5. The minimum Gasteiger partial charge on any atom is -0.493 e. The van der Waals surface area contributed by atoms with E-state index in [2.05, 4.69) is 30.1 Å². The second kappa shape index (κ2) is 5.38. The van der Waals surface area contributed by atoms with Crippen LogP contribution in [0, 0.1) is 11.8 Å². The molecule has 6 heteroatoms. The number of ether oxygens (including phenoxy) is 2. The smallest absolute Gasteiger partial charge is 0.338 e. The number of amides is 1. The number of benzene rings is 1. The van der Waals surface area contributed by atoms with Crippen molar-refractivity contribution in [2.24, 2.45) is 11.8 Å². The largest absolute Gasteiger partial charge is 0.493 e. The summed E-state index contributed by atoms with van der Waals surface area (Å²) >= 11 is 0. The molecule has 1 saturated carbocycles. The molecule has 5 atom stereocenters. The Morgan fingerprint density at radius 3 is 2.89 bits per heavy atom. The fraction of sp³-hybridized carbons (Fsp3) is 0.545. The highest BCUT2D eigenvalue weighted by Crippen LogP contribution is 2.62. The normalized spacial score (nSPS) is 38.2. The van der Waals surface area contributed by atoms with Crippen LogP contribution in [0.3, 0.4) is 0 Å². The Hall–Kier alpha value is -2.34. The molecule has 0 bridgehead atoms. The van der Waals surface area contributed by atoms with Crippen LogP contribution in [0.5, 0.6) is 0 Å². The highest BCUT2D eigenvalue weighted by atomic mass is 16.6. The number of fused-ring (bicyclic) bond motifs is 4. The summed E-state index contributed by atoms with van der Waals surface area (Å²) in [6.07, 6.45) is 1.94. The molecule has 4 aliphatic heterocycles. The van der Waals surface area contributed by atoms with E-state index < -0.39 is 0 Å². The molecule has 0 radical (unpaired) electrons. The van der Waals surface area contributed by atoms with E-state index in [1.165, 1.54) is 5.56 Å². The molecule has 146 valence electrons. The van der Waals surface area contributed by atoms with Crippen LogP contribution in [0.25, 0.3) is 0 Å². The lowest BCUT2D eigenvalue weighted by Gasteiger charge is -2.53. The molecule has 5 aliphatic rings. The third-order valence-corrected chi connectivity index (χ3v) is 7.89. The van der Waals surface area contributed by atoms with Crippen molar-refractivity contribution < 1.29 is 19.1 Å². The molecule has 4 heterocycles. The summed E-state index contributed by atoms with van der Waals surface area (Å²) < 4.78 is 11.3. The minimum atomic E-state index is -0.234. The van der Waals surface area contributed by atoms with Crippen molar-refractivity contribution in [2.45, 2.75) is 37.3 Å². The number of likely N-dealkylation sites (N-methyl/N-ethyl adjacent to an activating group) is 1. The van der Waals surface area contributed by atoms with Gasteiger partial charge in [-0.2, -0.15) is 0 Å². The lowest BCUT2D eigenvalue weighted by Crippen LogP contribution is -2.63. The molecule has 1 aliphatic carbocycles. The van der Waals surface area contributed by atoms with E-state index in [0.717, 1.165) is 30.6 Å². The predicted molar refractivity (Wildman–Crippen MR) is 102 cm³/mol. The molecule has 0 N–H and O–H groups in total. The average Bonchev–Trinajstić information content (AvgIpc) is 3.32. The van der Waals surface area contributed by atoms with Crippen molar-refractivity contribution in [1.29, 1.82) is 0 Å². The van der Waals surface area contributed by atoms with Gasteiger partial charge in [-0.3, -0.25) is 4.79 Å². The summed E-state index contributed by atoms with van der Waals surface area (Å²) in [5.41, 5.74) is 2.96. The number of anilines is 1. The summed E-state index contributed by atoms with van der Waals surface area (Å²) in [5, 5.41) is 0. The van der Waals surface area contributed by atoms with Gasteiger partial charge in [0.2, 0.25) is 5.91 Å². The van der Waals surface area contributed by atoms with Crippen LogP contribution >= 0.6 is 0 Å². The molecule has 2 fully saturated rings. The first-order valence-corrected chi connectivity index (χ1v) is 10.2. The minimum absolute atomic E-state index is 0.0125. The Morgan fingerprint density at radius 1 is 1.25 bits per heavy atom. The summed E-state index contributed by atoms with van der Waals surface area (Å²) in [6.45, 7) is 3.45. The Kier molecular flexibility index (Phi) is 3.19. The topological polar surface area (TPSA) is 59.1 Å². The number of carbonyl (C=O) groups is 2. The second-order valence-corrected chi connectivity index (χ2v) is 8.87. The molecular formula is C22H24N2O4. The number of para-hydroxylation sites is 1. The fourth-order valence-corrected chi connectivity index (χ4v) is 6.93. The van der Waals surface area contributed by atoms with Crippen LogP contribution in [-0.4, -0.2) is 55.7 Å². The van der Waals surface area contributed by atoms with Crippen LogP contribution < -0.4 is 4.90 Å². The quantitative estimate of drug-likeness (QED) is 0.643. The van der Waals surface area contributed by atoms with Gasteiger partial charge in [-0.25, -0.2) is 4.79 Å². The Morgan fingerprint density at radius 2 is 2.07 bits per heavy atom. The monoisotopic (exact) mass is 380 g/mol. The maximum atomic E-state index is 12.9. The number of hydrogen-bond acceptors (Lipinski definition) is 5. The lowest BCUT2D eigenvalue weighted by atomic mass is 9.56. The maximum absolute atomic E-state index is 12.9. The van der Waals surface area contributed by atoms with Gasteiger partial charge in [0.1, 0.15) is 12.4 Å². The highest BCUT2D eigenvalue weighted by molar-refractivity contribution is 5.97. The fourth-order valence-electron chi connectivity index (χ4n) is 6.93. The van der Waals surface area contributed by atoms with Gasteiger partial charge >= 0.3 is 5.97 Å². The number of nitrogens with zero attached hydrogens (tertiary/aromatic N) is 2. The molecule has 1 aromatic carbocycles. The van der Waals surface area contributed by atoms with Crippen molar-refractivity contribution in [2.75, 3.05) is 31.7 Å². The van der Waals surface area contributed by atoms with Gasteiger partial charge in [0.25, 0.3) is 0 Å². The molecule has 6 rings (SSSR count). The lowest BCUT2D eigenvalue weighted by molar-refractivity contribution is -0.136. The Balaban J connectivity index is 1.57. The molecule has 0 aromatic heterocycles. The zero-order valence-corrected chi connectivity index (χ0v) is 16.2. The highest BCUT2D eigenvalue weighted by Gasteiger charge is 2.67. The number of cyclic esters (lactones) is 1. The van der Waals surface area contributed by atoms with E-state index >= 15 is 0 Å². The molecule has 1 aromatic rings. The van der Waals surface area contributed by atoms with Gasteiger partial charge in [-0.05, 0) is 38.1 Å². The van der Waals surface area contributed by atoms with Crippen LogP contribution in [0.15, 0.2) is 35.6 Å². The van der Waals surface area contributed by atoms with Gasteiger partial charge in [-0.15, -0.1) is 0 Å². The van der Waals surface area contributed by atoms with Gasteiger partial charge in [-0.1, -0.05) is 18.2 Å². The first-order valence-electron chi connectivity index (χ1n) is 10.2. The summed E-state index contributed by atoms with van der Waals surface area (Å²) in [4.78, 5) is 29.8. The van der Waals surface area contributed by atoms with Crippen LogP contribution in [-0.2, 0) is 24.5 Å². The predicted octanol–water partition coefficient (Wildman–Crippen LogP) is 1.84. The Bertz CT molecular complexity index is 940. The van der Waals surface area contributed by atoms with Crippen molar-refractivity contribution in [1.82, 2.24) is 4.90 Å². The van der Waals surface area contributed by atoms with E-state index in [1.54, 1.807) is 6.92 Å². The maximum Gasteiger partial charge on any atom is 0.338 e. The number of esters is 1. The molecule has 0 unspecified atom stereocenters. The van der Waals surface area contributed by atoms with Gasteiger partial charge in [0.05, 0.1) is 18.2 Å². The van der Waals surface area contributed by atoms with Crippen molar-refractivity contribution in [3.8, 4) is 0 Å². The molecule has 1 spiro atoms. The first kappa shape index (κ1) is 16.6. The van der Waals surface area contributed by atoms with Crippen molar-refractivity contribution in [3.05, 3.63) is 41.2 Å². The van der Waals surface area contributed by atoms with Crippen LogP contribution in [0.4, 0.5) is 5.69 Å². The van der Waals surface area contributed by atoms with Crippen molar-refractivity contribution >= 4 is 17.6 Å². The van der Waals surface area contributed by atoms with Gasteiger partial charge in [0, 0.05) is 35.9 Å². The number of rotatable bonds is 0. The molecule has 6 nitrogen and oxygen atoms in total. The zero-order valence-electron chi connectivity index (χ0n) is 16.2. The molecule has 1 saturated heterocycles. The van der Waals surface area contributed by atoms with E-state index in [4.69, 9.17) is 9.47 Å². The van der Waals surface area contributed by atoms with E-state index in [-0.39, 0.29) is 41.8 Å². The van der Waals surface area contributed by atoms with Crippen molar-refractivity contribution in [3.63, 3.8) is 0 Å². The van der Waals surface area contributed by atoms with E-state index in [9.17, 15) is 9.59 Å². The third kappa shape index (κ3) is 1.78. The summed E-state index contributed by atoms with van der Waals surface area (Å²) in [5.74, 6) is 0.728. The molecule has 28 heavy (non-hydrogen) atoms. The number of hydrogen-bond donors (Lipinski definition) is 0. The third-order valence-electron chi connectivity index (χ3n) is 7.89. The zero-order chi connectivity index (χ0) is 19.2. The average molecular weight is 380 g/mol. The van der Waals surface area contributed by atoms with E-state index in [0.29, 0.717) is 18.4 Å². The Labute approximate surface area is 164 Å². The standard InChI is InChI=1S/C22H24N2O4/c1-12(25)24-16-6-4-3-5-15(16)22-7-8-23(2)18(22)9-13-14(20(22)24)10-27-17-11-28-21(26)19(13)17/h3-6,13-14,18,20H,7-11H2,1-2H3/t13-,14-,18-,20+,22-/m1/s1. The van der Waals surface area contributed by atoms with E-state index in [1.807, 2.05) is 11.0 Å². The van der Waals surface area contributed by atoms with Gasteiger partial charge in [0.15, 0.2) is 0 Å². The van der Waals surface area contributed by atoms with Crippen LogP contribution in [0.2, 0.25) is 0 Å². The molecule has 1 amide bonds. The summed E-state index contributed by atoms with van der Waals surface area (Å²) in [6, 6.07) is 8.69. The molecular weight excluding hydrogens is 356 g/mol. The van der Waals surface area contributed by atoms with Gasteiger partial charge < -0.3 is 19.3 Å². The SMILES string of the molecule is CC(=O)N1c2ccccc2[C@]23CCN(C)[C@@H]2C[C@H]2C4=C(COC4=O)OC[C@H]2[C@H]13. The second-order valence-electron chi connectivity index (χ2n) is 8.87. The van der Waals surface area contributed by atoms with Crippen LogP contribution in [0.1, 0.15) is 25.3 Å². The summed E-state index contributed by atoms with van der Waals surface area (Å²) in [7, 11) is 2.18. The number of likely N-dealkylation sites (tertiary alicyclic amines) is 1.